The van der Waals surface area contributed by atoms with Crippen LogP contribution in [0.4, 0.5) is 0 Å². The second kappa shape index (κ2) is 4.97. The summed E-state index contributed by atoms with van der Waals surface area (Å²) in [4.78, 5) is 0. The molecule has 1 aromatic rings. The standard InChI is InChI=1S/C13H19N/c1-10(2)13(7-8-14)12-6-4-5-11(3)9-12/h4-6,9H,7-8,14H2,1-3H3. The van der Waals surface area contributed by atoms with Crippen molar-refractivity contribution in [2.45, 2.75) is 27.2 Å². The zero-order valence-corrected chi connectivity index (χ0v) is 9.30. The van der Waals surface area contributed by atoms with Crippen LogP contribution in [0.3, 0.4) is 0 Å². The summed E-state index contributed by atoms with van der Waals surface area (Å²) >= 11 is 0. The largest absolute Gasteiger partial charge is 0.330 e. The van der Waals surface area contributed by atoms with Crippen molar-refractivity contribution < 1.29 is 0 Å². The van der Waals surface area contributed by atoms with Crippen molar-refractivity contribution in [2.75, 3.05) is 6.54 Å². The molecule has 0 heterocycles. The zero-order chi connectivity index (χ0) is 10.6. The van der Waals surface area contributed by atoms with Crippen molar-refractivity contribution in [3.63, 3.8) is 0 Å². The van der Waals surface area contributed by atoms with Gasteiger partial charge in [-0.25, -0.2) is 0 Å². The molecule has 0 aliphatic heterocycles. The van der Waals surface area contributed by atoms with Gasteiger partial charge in [0, 0.05) is 0 Å². The molecule has 0 spiro atoms. The predicted octanol–water partition coefficient (Wildman–Crippen LogP) is 3.14. The predicted molar refractivity (Wildman–Crippen MR) is 63.1 cm³/mol. The molecule has 0 radical (unpaired) electrons. The molecule has 0 atom stereocenters. The van der Waals surface area contributed by atoms with Crippen LogP contribution >= 0.6 is 0 Å². The molecule has 14 heavy (non-hydrogen) atoms. The van der Waals surface area contributed by atoms with E-state index in [4.69, 9.17) is 5.73 Å². The van der Waals surface area contributed by atoms with Crippen LogP contribution in [0.1, 0.15) is 31.4 Å². The Morgan fingerprint density at radius 2 is 2.00 bits per heavy atom. The summed E-state index contributed by atoms with van der Waals surface area (Å²) in [6, 6.07) is 8.60. The van der Waals surface area contributed by atoms with E-state index in [-0.39, 0.29) is 0 Å². The molecule has 0 unspecified atom stereocenters. The van der Waals surface area contributed by atoms with Crippen LogP contribution in [-0.2, 0) is 0 Å². The molecule has 76 valence electrons. The lowest BCUT2D eigenvalue weighted by molar-refractivity contribution is 1.01. The van der Waals surface area contributed by atoms with E-state index in [0.29, 0.717) is 6.54 Å². The Morgan fingerprint density at radius 1 is 1.29 bits per heavy atom. The summed E-state index contributed by atoms with van der Waals surface area (Å²) in [6.07, 6.45) is 0.964. The topological polar surface area (TPSA) is 26.0 Å². The van der Waals surface area contributed by atoms with Crippen LogP contribution < -0.4 is 5.73 Å². The Labute approximate surface area is 86.6 Å². The molecule has 1 heteroatoms. The van der Waals surface area contributed by atoms with Crippen LogP contribution in [0.2, 0.25) is 0 Å². The lowest BCUT2D eigenvalue weighted by Gasteiger charge is -2.09. The van der Waals surface area contributed by atoms with Gasteiger partial charge >= 0.3 is 0 Å². The fraction of sp³-hybridized carbons (Fsp3) is 0.385. The Hall–Kier alpha value is -1.08. The van der Waals surface area contributed by atoms with Gasteiger partial charge in [-0.15, -0.1) is 0 Å². The molecule has 0 aliphatic carbocycles. The quantitative estimate of drug-likeness (QED) is 0.776. The Kier molecular flexibility index (Phi) is 3.90. The van der Waals surface area contributed by atoms with Gasteiger partial charge in [0.15, 0.2) is 0 Å². The first kappa shape index (κ1) is 11.0. The minimum atomic E-state index is 0.717. The maximum atomic E-state index is 5.61. The SMILES string of the molecule is CC(C)=C(CCN)c1cccc(C)c1. The van der Waals surface area contributed by atoms with Crippen molar-refractivity contribution in [3.8, 4) is 0 Å². The second-order valence-electron chi connectivity index (χ2n) is 3.89. The summed E-state index contributed by atoms with van der Waals surface area (Å²) < 4.78 is 0. The van der Waals surface area contributed by atoms with Gasteiger partial charge in [-0.3, -0.25) is 0 Å². The first-order valence-corrected chi connectivity index (χ1v) is 5.08. The number of rotatable bonds is 3. The van der Waals surface area contributed by atoms with Gasteiger partial charge in [-0.05, 0) is 44.9 Å². The Bertz CT molecular complexity index is 333. The van der Waals surface area contributed by atoms with Crippen LogP contribution in [0.15, 0.2) is 29.8 Å². The van der Waals surface area contributed by atoms with Crippen molar-refractivity contribution in [1.82, 2.24) is 0 Å². The average molecular weight is 189 g/mol. The van der Waals surface area contributed by atoms with E-state index in [0.717, 1.165) is 6.42 Å². The minimum Gasteiger partial charge on any atom is -0.330 e. The fourth-order valence-electron chi connectivity index (χ4n) is 1.66. The van der Waals surface area contributed by atoms with E-state index in [1.54, 1.807) is 0 Å². The molecule has 1 rings (SSSR count). The summed E-state index contributed by atoms with van der Waals surface area (Å²) in [5, 5.41) is 0. The number of hydrogen-bond acceptors (Lipinski definition) is 1. The first-order valence-electron chi connectivity index (χ1n) is 5.08. The highest BCUT2D eigenvalue weighted by Gasteiger charge is 2.02. The molecular formula is C13H19N. The van der Waals surface area contributed by atoms with Crippen molar-refractivity contribution >= 4 is 5.57 Å². The summed E-state index contributed by atoms with van der Waals surface area (Å²) in [5.41, 5.74) is 11.0. The molecule has 0 aromatic heterocycles. The van der Waals surface area contributed by atoms with Crippen LogP contribution in [0.25, 0.3) is 5.57 Å². The highest BCUT2D eigenvalue weighted by atomic mass is 14.5. The molecule has 2 N–H and O–H groups in total. The van der Waals surface area contributed by atoms with Crippen molar-refractivity contribution in [3.05, 3.63) is 41.0 Å². The van der Waals surface area contributed by atoms with Crippen LogP contribution in [0, 0.1) is 6.92 Å². The maximum absolute atomic E-state index is 5.61. The number of allylic oxidation sites excluding steroid dienone is 1. The molecule has 0 bridgehead atoms. The number of benzene rings is 1. The Balaban J connectivity index is 3.06. The van der Waals surface area contributed by atoms with E-state index in [2.05, 4.69) is 45.0 Å². The first-order chi connectivity index (χ1) is 6.65. The van der Waals surface area contributed by atoms with Gasteiger partial charge < -0.3 is 5.73 Å². The van der Waals surface area contributed by atoms with Crippen molar-refractivity contribution in [1.29, 1.82) is 0 Å². The van der Waals surface area contributed by atoms with E-state index >= 15 is 0 Å². The van der Waals surface area contributed by atoms with E-state index < -0.39 is 0 Å². The lowest BCUT2D eigenvalue weighted by atomic mass is 9.97. The van der Waals surface area contributed by atoms with Gasteiger partial charge in [0.1, 0.15) is 0 Å². The van der Waals surface area contributed by atoms with E-state index in [1.165, 1.54) is 22.3 Å². The number of aryl methyl sites for hydroxylation is 1. The zero-order valence-electron chi connectivity index (χ0n) is 9.30. The van der Waals surface area contributed by atoms with E-state index in [9.17, 15) is 0 Å². The molecule has 0 saturated carbocycles. The van der Waals surface area contributed by atoms with Crippen molar-refractivity contribution in [2.24, 2.45) is 5.73 Å². The van der Waals surface area contributed by atoms with Gasteiger partial charge in [-0.2, -0.15) is 0 Å². The lowest BCUT2D eigenvalue weighted by Crippen LogP contribution is -2.01. The minimum absolute atomic E-state index is 0.717. The van der Waals surface area contributed by atoms with Gasteiger partial charge in [0.2, 0.25) is 0 Å². The number of hydrogen-bond donors (Lipinski definition) is 1. The maximum Gasteiger partial charge on any atom is -0.00365 e. The highest BCUT2D eigenvalue weighted by molar-refractivity contribution is 5.68. The fourth-order valence-corrected chi connectivity index (χ4v) is 1.66. The third-order valence-electron chi connectivity index (χ3n) is 2.36. The van der Waals surface area contributed by atoms with Gasteiger partial charge in [0.25, 0.3) is 0 Å². The third kappa shape index (κ3) is 2.71. The third-order valence-corrected chi connectivity index (χ3v) is 2.36. The summed E-state index contributed by atoms with van der Waals surface area (Å²) in [7, 11) is 0. The molecule has 0 saturated heterocycles. The molecule has 0 amide bonds. The normalized spacial score (nSPS) is 10.0. The van der Waals surface area contributed by atoms with E-state index in [1.807, 2.05) is 0 Å². The molecule has 1 nitrogen and oxygen atoms in total. The van der Waals surface area contributed by atoms with Crippen LogP contribution in [0.5, 0.6) is 0 Å². The highest BCUT2D eigenvalue weighted by Crippen LogP contribution is 2.22. The number of nitrogens with two attached hydrogens (primary N) is 1. The summed E-state index contributed by atoms with van der Waals surface area (Å²) in [5.74, 6) is 0. The second-order valence-corrected chi connectivity index (χ2v) is 3.89. The molecular weight excluding hydrogens is 170 g/mol. The van der Waals surface area contributed by atoms with Gasteiger partial charge in [-0.1, -0.05) is 35.4 Å². The van der Waals surface area contributed by atoms with Crippen LogP contribution in [-0.4, -0.2) is 6.54 Å². The molecule has 0 fully saturated rings. The summed E-state index contributed by atoms with van der Waals surface area (Å²) in [6.45, 7) is 7.13. The Morgan fingerprint density at radius 3 is 2.50 bits per heavy atom. The van der Waals surface area contributed by atoms with Gasteiger partial charge in [0.05, 0.1) is 0 Å². The average Bonchev–Trinajstić information content (AvgIpc) is 2.13. The smallest absolute Gasteiger partial charge is 0.00365 e. The monoisotopic (exact) mass is 189 g/mol. The molecule has 1 aromatic carbocycles. The molecule has 0 aliphatic rings.